The molecular weight excluding hydrogens is 471 g/mol. The zero-order valence-electron chi connectivity index (χ0n) is 16.0. The Morgan fingerprint density at radius 3 is 2.67 bits per heavy atom. The van der Waals surface area contributed by atoms with Gasteiger partial charge in [0.2, 0.25) is 5.91 Å². The van der Waals surface area contributed by atoms with Gasteiger partial charge in [-0.2, -0.15) is 0 Å². The van der Waals surface area contributed by atoms with E-state index in [2.05, 4.69) is 39.9 Å². The molecule has 27 heavy (non-hydrogen) atoms. The van der Waals surface area contributed by atoms with E-state index in [-0.39, 0.29) is 29.9 Å². The van der Waals surface area contributed by atoms with Gasteiger partial charge in [-0.15, -0.1) is 35.7 Å². The number of rotatable bonds is 6. The number of nitrogens with zero attached hydrogens (tertiary/aromatic N) is 2. The van der Waals surface area contributed by atoms with E-state index in [0.717, 1.165) is 50.6 Å². The maximum Gasteiger partial charge on any atom is 0.225 e. The summed E-state index contributed by atoms with van der Waals surface area (Å²) in [5, 5.41) is 6.86. The fraction of sp³-hybridized carbons (Fsp3) is 0.600. The Morgan fingerprint density at radius 2 is 1.96 bits per heavy atom. The predicted octanol–water partition coefficient (Wildman–Crippen LogP) is 3.35. The molecule has 150 valence electrons. The highest BCUT2D eigenvalue weighted by Gasteiger charge is 2.32. The van der Waals surface area contributed by atoms with Crippen molar-refractivity contribution >= 4 is 47.6 Å². The topological polar surface area (TPSA) is 56.7 Å². The predicted molar refractivity (Wildman–Crippen MR) is 124 cm³/mol. The van der Waals surface area contributed by atoms with Crippen molar-refractivity contribution in [2.24, 2.45) is 10.9 Å². The Kier molecular flexibility index (Phi) is 9.75. The molecule has 1 aliphatic heterocycles. The van der Waals surface area contributed by atoms with Gasteiger partial charge in [0.1, 0.15) is 0 Å². The van der Waals surface area contributed by atoms with Crippen molar-refractivity contribution in [3.05, 3.63) is 30.3 Å². The maximum atomic E-state index is 12.5. The molecule has 1 saturated heterocycles. The largest absolute Gasteiger partial charge is 0.356 e. The first-order chi connectivity index (χ1) is 12.8. The summed E-state index contributed by atoms with van der Waals surface area (Å²) in [6, 6.07) is 10.7. The van der Waals surface area contributed by atoms with Gasteiger partial charge in [0.25, 0.3) is 0 Å². The Bertz CT molecular complexity index is 607. The second-order valence-electron chi connectivity index (χ2n) is 7.06. The summed E-state index contributed by atoms with van der Waals surface area (Å²) in [5.41, 5.74) is 0. The van der Waals surface area contributed by atoms with Crippen molar-refractivity contribution in [3.8, 4) is 0 Å². The third-order valence-corrected chi connectivity index (χ3v) is 6.19. The van der Waals surface area contributed by atoms with E-state index in [4.69, 9.17) is 0 Å². The average molecular weight is 502 g/mol. The second kappa shape index (κ2) is 11.8. The number of hydrogen-bond donors (Lipinski definition) is 2. The number of likely N-dealkylation sites (tertiary alicyclic amines) is 1. The van der Waals surface area contributed by atoms with Crippen molar-refractivity contribution in [2.45, 2.75) is 43.0 Å². The molecule has 2 fully saturated rings. The molecule has 3 rings (SSSR count). The first-order valence-corrected chi connectivity index (χ1v) is 10.7. The van der Waals surface area contributed by atoms with Gasteiger partial charge >= 0.3 is 0 Å². The molecule has 2 aliphatic rings. The van der Waals surface area contributed by atoms with Crippen molar-refractivity contribution in [1.29, 1.82) is 0 Å². The van der Waals surface area contributed by atoms with Crippen molar-refractivity contribution < 1.29 is 4.79 Å². The molecule has 7 heteroatoms. The number of halogens is 1. The van der Waals surface area contributed by atoms with E-state index in [1.54, 1.807) is 7.05 Å². The van der Waals surface area contributed by atoms with E-state index in [9.17, 15) is 4.79 Å². The van der Waals surface area contributed by atoms with Crippen molar-refractivity contribution in [2.75, 3.05) is 32.4 Å². The molecule has 0 radical (unpaired) electrons. The molecule has 2 N–H and O–H groups in total. The number of benzene rings is 1. The summed E-state index contributed by atoms with van der Waals surface area (Å²) in [5.74, 6) is 2.47. The Labute approximate surface area is 184 Å². The lowest BCUT2D eigenvalue weighted by molar-refractivity contribution is -0.134. The van der Waals surface area contributed by atoms with Gasteiger partial charge in [0, 0.05) is 49.3 Å². The van der Waals surface area contributed by atoms with Crippen LogP contribution in [0.3, 0.4) is 0 Å². The second-order valence-corrected chi connectivity index (χ2v) is 8.22. The highest BCUT2D eigenvalue weighted by molar-refractivity contribution is 14.0. The molecule has 0 aromatic heterocycles. The number of thioether (sulfide) groups is 1. The van der Waals surface area contributed by atoms with Crippen LogP contribution in [-0.2, 0) is 4.79 Å². The van der Waals surface area contributed by atoms with E-state index in [1.807, 2.05) is 22.7 Å². The molecular formula is C20H31IN4OS. The lowest BCUT2D eigenvalue weighted by Gasteiger charge is -2.21. The van der Waals surface area contributed by atoms with Crippen LogP contribution in [-0.4, -0.2) is 55.2 Å². The molecule has 1 unspecified atom stereocenters. The van der Waals surface area contributed by atoms with Crippen LogP contribution in [0.2, 0.25) is 0 Å². The molecule has 5 nitrogen and oxygen atoms in total. The normalized spacial score (nSPS) is 20.4. The third-order valence-electron chi connectivity index (χ3n) is 5.18. The molecule has 1 aliphatic carbocycles. The molecule has 1 amide bonds. The summed E-state index contributed by atoms with van der Waals surface area (Å²) in [4.78, 5) is 20.2. The zero-order chi connectivity index (χ0) is 18.2. The number of aliphatic imine (C=N–C) groups is 1. The third kappa shape index (κ3) is 6.85. The number of nitrogens with one attached hydrogen (secondary N) is 2. The maximum absolute atomic E-state index is 12.5. The minimum Gasteiger partial charge on any atom is -0.356 e. The van der Waals surface area contributed by atoms with Gasteiger partial charge in [-0.3, -0.25) is 9.79 Å². The summed E-state index contributed by atoms with van der Waals surface area (Å²) in [6.45, 7) is 2.53. The quantitative estimate of drug-likeness (QED) is 0.206. The van der Waals surface area contributed by atoms with E-state index in [0.29, 0.717) is 11.9 Å². The van der Waals surface area contributed by atoms with Crippen LogP contribution in [0.5, 0.6) is 0 Å². The van der Waals surface area contributed by atoms with Crippen LogP contribution < -0.4 is 10.6 Å². The highest BCUT2D eigenvalue weighted by Crippen LogP contribution is 2.27. The van der Waals surface area contributed by atoms with Crippen LogP contribution >= 0.6 is 35.7 Å². The zero-order valence-corrected chi connectivity index (χ0v) is 19.2. The van der Waals surface area contributed by atoms with Gasteiger partial charge in [-0.05, 0) is 31.4 Å². The van der Waals surface area contributed by atoms with E-state index < -0.39 is 0 Å². The highest BCUT2D eigenvalue weighted by atomic mass is 127. The van der Waals surface area contributed by atoms with Gasteiger partial charge in [-0.25, -0.2) is 0 Å². The van der Waals surface area contributed by atoms with Gasteiger partial charge in [-0.1, -0.05) is 31.0 Å². The first-order valence-electron chi connectivity index (χ1n) is 9.70. The fourth-order valence-electron chi connectivity index (χ4n) is 3.75. The molecule has 1 aromatic carbocycles. The van der Waals surface area contributed by atoms with Gasteiger partial charge < -0.3 is 15.5 Å². The van der Waals surface area contributed by atoms with E-state index >= 15 is 0 Å². The fourth-order valence-corrected chi connectivity index (χ4v) is 4.54. The molecule has 0 spiro atoms. The van der Waals surface area contributed by atoms with Crippen LogP contribution in [0.1, 0.15) is 32.1 Å². The summed E-state index contributed by atoms with van der Waals surface area (Å²) < 4.78 is 0. The lowest BCUT2D eigenvalue weighted by atomic mass is 10.1. The number of carbonyl (C=O) groups is 1. The SMILES string of the molecule is CN=C(NCCSc1ccccc1)NC1CCN(C(=O)C2CCCC2)C1.I. The smallest absolute Gasteiger partial charge is 0.225 e. The van der Waals surface area contributed by atoms with Crippen LogP contribution in [0, 0.1) is 5.92 Å². The van der Waals surface area contributed by atoms with Crippen LogP contribution in [0.4, 0.5) is 0 Å². The van der Waals surface area contributed by atoms with Crippen molar-refractivity contribution in [3.63, 3.8) is 0 Å². The summed E-state index contributed by atoms with van der Waals surface area (Å²) in [7, 11) is 1.80. The molecule has 1 atom stereocenters. The number of hydrogen-bond acceptors (Lipinski definition) is 3. The first kappa shape index (κ1) is 22.3. The standard InChI is InChI=1S/C20H30N4OS.HI/c1-21-20(22-12-14-26-18-9-3-2-4-10-18)23-17-11-13-24(15-17)19(25)16-7-5-6-8-16;/h2-4,9-10,16-17H,5-8,11-15H2,1H3,(H2,21,22,23);1H. The Morgan fingerprint density at radius 1 is 1.22 bits per heavy atom. The number of amides is 1. The Balaban J connectivity index is 0.00000261. The minimum absolute atomic E-state index is 0. The Hall–Kier alpha value is -0.960. The number of carbonyl (C=O) groups excluding carboxylic acids is 1. The van der Waals surface area contributed by atoms with Gasteiger partial charge in [0.15, 0.2) is 5.96 Å². The molecule has 1 heterocycles. The van der Waals surface area contributed by atoms with Crippen LogP contribution in [0.15, 0.2) is 40.2 Å². The summed E-state index contributed by atoms with van der Waals surface area (Å²) >= 11 is 1.84. The minimum atomic E-state index is 0. The average Bonchev–Trinajstić information content (AvgIpc) is 3.36. The van der Waals surface area contributed by atoms with Crippen LogP contribution in [0.25, 0.3) is 0 Å². The molecule has 0 bridgehead atoms. The summed E-state index contributed by atoms with van der Waals surface area (Å²) in [6.07, 6.45) is 5.58. The monoisotopic (exact) mass is 502 g/mol. The lowest BCUT2D eigenvalue weighted by Crippen LogP contribution is -2.45. The number of guanidine groups is 1. The van der Waals surface area contributed by atoms with Crippen molar-refractivity contribution in [1.82, 2.24) is 15.5 Å². The van der Waals surface area contributed by atoms with E-state index in [1.165, 1.54) is 17.7 Å². The molecule has 1 aromatic rings. The molecule has 1 saturated carbocycles. The van der Waals surface area contributed by atoms with Gasteiger partial charge in [0.05, 0.1) is 0 Å².